The molecule has 1 aliphatic heterocycles. The van der Waals surface area contributed by atoms with E-state index in [9.17, 15) is 4.79 Å². The van der Waals surface area contributed by atoms with Crippen molar-refractivity contribution >= 4 is 29.3 Å². The fraction of sp³-hybridized carbons (Fsp3) is 0.500. The molecule has 0 radical (unpaired) electrons. The van der Waals surface area contributed by atoms with Crippen molar-refractivity contribution in [1.82, 2.24) is 25.1 Å². The number of tetrazole rings is 1. The first-order valence-corrected chi connectivity index (χ1v) is 9.55. The molecule has 2 aromatic rings. The lowest BCUT2D eigenvalue weighted by Crippen LogP contribution is -2.35. The third-order valence-corrected chi connectivity index (χ3v) is 5.20. The van der Waals surface area contributed by atoms with Crippen LogP contribution in [0.15, 0.2) is 29.4 Å². The number of thioether (sulfide) groups is 1. The number of nitrogens with zero attached hydrogens (tertiary/aromatic N) is 5. The smallest absolute Gasteiger partial charge is 0.233 e. The number of likely N-dealkylation sites (tertiary alicyclic amines) is 1. The minimum absolute atomic E-state index is 0.160. The van der Waals surface area contributed by atoms with E-state index in [0.717, 1.165) is 31.6 Å². The molecule has 0 aliphatic carbocycles. The van der Waals surface area contributed by atoms with Crippen LogP contribution in [0.5, 0.6) is 0 Å². The second-order valence-electron chi connectivity index (χ2n) is 5.79. The van der Waals surface area contributed by atoms with Gasteiger partial charge in [0.25, 0.3) is 0 Å². The summed E-state index contributed by atoms with van der Waals surface area (Å²) in [5.74, 6) is 0.515. The van der Waals surface area contributed by atoms with E-state index in [1.165, 1.54) is 31.0 Å². The van der Waals surface area contributed by atoms with Crippen LogP contribution in [-0.2, 0) is 4.79 Å². The van der Waals surface area contributed by atoms with Gasteiger partial charge in [0, 0.05) is 18.1 Å². The number of hydrogen-bond donors (Lipinski definition) is 0. The molecule has 2 heterocycles. The van der Waals surface area contributed by atoms with Crippen molar-refractivity contribution < 1.29 is 4.79 Å². The monoisotopic (exact) mass is 365 g/mol. The van der Waals surface area contributed by atoms with Crippen molar-refractivity contribution in [1.29, 1.82) is 0 Å². The van der Waals surface area contributed by atoms with Gasteiger partial charge in [-0.2, -0.15) is 4.68 Å². The first-order chi connectivity index (χ1) is 11.7. The van der Waals surface area contributed by atoms with Crippen LogP contribution in [0.3, 0.4) is 0 Å². The molecule has 1 saturated heterocycles. The zero-order valence-corrected chi connectivity index (χ0v) is 15.0. The van der Waals surface area contributed by atoms with Crippen LogP contribution in [0.2, 0.25) is 5.02 Å². The van der Waals surface area contributed by atoms with Gasteiger partial charge in [-0.25, -0.2) is 0 Å². The average molecular weight is 366 g/mol. The minimum Gasteiger partial charge on any atom is -0.342 e. The summed E-state index contributed by atoms with van der Waals surface area (Å²) in [4.78, 5) is 14.4. The Balaban J connectivity index is 1.61. The third kappa shape index (κ3) is 4.48. The van der Waals surface area contributed by atoms with Crippen molar-refractivity contribution in [2.45, 2.75) is 37.3 Å². The SMILES string of the molecule is O=C(CSc1nnnn1-c1ccc(Cl)cc1)N1CCCCCCC1. The van der Waals surface area contributed by atoms with Crippen molar-refractivity contribution in [2.75, 3.05) is 18.8 Å². The molecule has 0 saturated carbocycles. The van der Waals surface area contributed by atoms with E-state index < -0.39 is 0 Å². The van der Waals surface area contributed by atoms with Crippen LogP contribution in [0.1, 0.15) is 32.1 Å². The van der Waals surface area contributed by atoms with Crippen LogP contribution in [0, 0.1) is 0 Å². The zero-order valence-electron chi connectivity index (χ0n) is 13.4. The molecule has 0 atom stereocenters. The van der Waals surface area contributed by atoms with Crippen molar-refractivity contribution in [3.63, 3.8) is 0 Å². The summed E-state index contributed by atoms with van der Waals surface area (Å²) in [6.07, 6.45) is 5.90. The molecule has 6 nitrogen and oxygen atoms in total. The topological polar surface area (TPSA) is 63.9 Å². The molecule has 1 fully saturated rings. The molecule has 0 unspecified atom stereocenters. The molecule has 1 amide bonds. The van der Waals surface area contributed by atoms with Crippen LogP contribution in [-0.4, -0.2) is 49.9 Å². The normalized spacial score (nSPS) is 15.8. The van der Waals surface area contributed by atoms with Gasteiger partial charge < -0.3 is 4.90 Å². The highest BCUT2D eigenvalue weighted by molar-refractivity contribution is 7.99. The minimum atomic E-state index is 0.160. The van der Waals surface area contributed by atoms with Gasteiger partial charge in [-0.3, -0.25) is 4.79 Å². The van der Waals surface area contributed by atoms with Gasteiger partial charge in [-0.15, -0.1) is 5.10 Å². The Labute approximate surface area is 150 Å². The third-order valence-electron chi connectivity index (χ3n) is 4.05. The van der Waals surface area contributed by atoms with Gasteiger partial charge in [-0.05, 0) is 47.5 Å². The number of aromatic nitrogens is 4. The number of halogens is 1. The molecule has 3 rings (SSSR count). The highest BCUT2D eigenvalue weighted by Crippen LogP contribution is 2.20. The molecule has 0 spiro atoms. The number of carbonyl (C=O) groups is 1. The summed E-state index contributed by atoms with van der Waals surface area (Å²) in [7, 11) is 0. The lowest BCUT2D eigenvalue weighted by molar-refractivity contribution is -0.128. The molecular weight excluding hydrogens is 346 g/mol. The molecule has 1 aromatic carbocycles. The zero-order chi connectivity index (χ0) is 16.8. The summed E-state index contributed by atoms with van der Waals surface area (Å²) >= 11 is 7.28. The molecule has 1 aromatic heterocycles. The summed E-state index contributed by atoms with van der Waals surface area (Å²) in [6, 6.07) is 7.28. The molecule has 24 heavy (non-hydrogen) atoms. The second-order valence-corrected chi connectivity index (χ2v) is 7.17. The molecule has 0 N–H and O–H groups in total. The van der Waals surface area contributed by atoms with Crippen LogP contribution < -0.4 is 0 Å². The van der Waals surface area contributed by atoms with Gasteiger partial charge in [-0.1, -0.05) is 42.6 Å². The maximum Gasteiger partial charge on any atom is 0.233 e. The number of rotatable bonds is 4. The van der Waals surface area contributed by atoms with Gasteiger partial charge in [0.05, 0.1) is 11.4 Å². The van der Waals surface area contributed by atoms with Crippen molar-refractivity contribution in [3.05, 3.63) is 29.3 Å². The Morgan fingerprint density at radius 3 is 2.46 bits per heavy atom. The number of carbonyl (C=O) groups excluding carboxylic acids is 1. The molecule has 128 valence electrons. The molecule has 0 bridgehead atoms. The Morgan fingerprint density at radius 2 is 1.75 bits per heavy atom. The van der Waals surface area contributed by atoms with Gasteiger partial charge in [0.2, 0.25) is 11.1 Å². The maximum atomic E-state index is 12.5. The predicted octanol–water partition coefficient (Wildman–Crippen LogP) is 3.20. The van der Waals surface area contributed by atoms with E-state index in [4.69, 9.17) is 11.6 Å². The fourth-order valence-corrected chi connectivity index (χ4v) is 3.65. The van der Waals surface area contributed by atoms with E-state index in [-0.39, 0.29) is 5.91 Å². The Kier molecular flexibility index (Phi) is 6.09. The fourth-order valence-electron chi connectivity index (χ4n) is 2.73. The van der Waals surface area contributed by atoms with E-state index in [1.54, 1.807) is 16.8 Å². The van der Waals surface area contributed by atoms with Gasteiger partial charge in [0.15, 0.2) is 0 Å². The van der Waals surface area contributed by atoms with Crippen LogP contribution in [0.25, 0.3) is 5.69 Å². The van der Waals surface area contributed by atoms with E-state index in [2.05, 4.69) is 15.5 Å². The highest BCUT2D eigenvalue weighted by atomic mass is 35.5. The maximum absolute atomic E-state index is 12.5. The summed E-state index contributed by atoms with van der Waals surface area (Å²) in [5.41, 5.74) is 0.825. The summed E-state index contributed by atoms with van der Waals surface area (Å²) in [6.45, 7) is 1.73. The standard InChI is InChI=1S/C16H20ClN5OS/c17-13-6-8-14(9-7-13)22-16(18-19-20-22)24-12-15(23)21-10-4-2-1-3-5-11-21/h6-9H,1-5,10-12H2. The van der Waals surface area contributed by atoms with Gasteiger partial charge in [0.1, 0.15) is 0 Å². The first-order valence-electron chi connectivity index (χ1n) is 8.19. The first kappa shape index (κ1) is 17.2. The lowest BCUT2D eigenvalue weighted by Gasteiger charge is -2.24. The molecule has 1 aliphatic rings. The van der Waals surface area contributed by atoms with E-state index >= 15 is 0 Å². The van der Waals surface area contributed by atoms with Crippen LogP contribution >= 0.6 is 23.4 Å². The number of benzene rings is 1. The van der Waals surface area contributed by atoms with E-state index in [0.29, 0.717) is 15.9 Å². The number of hydrogen-bond acceptors (Lipinski definition) is 5. The van der Waals surface area contributed by atoms with Crippen LogP contribution in [0.4, 0.5) is 0 Å². The van der Waals surface area contributed by atoms with Gasteiger partial charge >= 0.3 is 0 Å². The summed E-state index contributed by atoms with van der Waals surface area (Å²) < 4.78 is 1.63. The van der Waals surface area contributed by atoms with Crippen molar-refractivity contribution in [2.24, 2.45) is 0 Å². The average Bonchev–Trinajstić information content (AvgIpc) is 3.01. The second kappa shape index (κ2) is 8.48. The largest absolute Gasteiger partial charge is 0.342 e. The lowest BCUT2D eigenvalue weighted by atomic mass is 10.1. The predicted molar refractivity (Wildman–Crippen MR) is 94.6 cm³/mol. The molecular formula is C16H20ClN5OS. The molecule has 8 heteroatoms. The highest BCUT2D eigenvalue weighted by Gasteiger charge is 2.17. The quantitative estimate of drug-likeness (QED) is 0.778. The number of amides is 1. The Hall–Kier alpha value is -1.60. The Morgan fingerprint density at radius 1 is 1.08 bits per heavy atom. The van der Waals surface area contributed by atoms with E-state index in [1.807, 2.05) is 17.0 Å². The Bertz CT molecular complexity index is 667. The summed E-state index contributed by atoms with van der Waals surface area (Å²) in [5, 5.41) is 13.0. The van der Waals surface area contributed by atoms with Crippen molar-refractivity contribution in [3.8, 4) is 5.69 Å².